The summed E-state index contributed by atoms with van der Waals surface area (Å²) < 4.78 is 1.33. The largest absolute Gasteiger partial charge is 0.324 e. The van der Waals surface area contributed by atoms with Crippen LogP contribution in [0.1, 0.15) is 24.4 Å². The Labute approximate surface area is 100 Å². The molecule has 2 aromatic rings. The van der Waals surface area contributed by atoms with E-state index in [1.807, 2.05) is 7.05 Å². The Hall–Kier alpha value is -0.900. The van der Waals surface area contributed by atoms with Crippen molar-refractivity contribution in [2.24, 2.45) is 5.73 Å². The molecule has 0 bridgehead atoms. The maximum atomic E-state index is 6.23. The SMILES string of the molecule is CNCCCC(N)c1csc2ccccc12. The average molecular weight is 234 g/mol. The van der Waals surface area contributed by atoms with Gasteiger partial charge in [0.05, 0.1) is 0 Å². The average Bonchev–Trinajstić information content (AvgIpc) is 2.73. The van der Waals surface area contributed by atoms with E-state index < -0.39 is 0 Å². The van der Waals surface area contributed by atoms with Crippen molar-refractivity contribution in [3.05, 3.63) is 35.2 Å². The van der Waals surface area contributed by atoms with Crippen molar-refractivity contribution in [3.63, 3.8) is 0 Å². The Bertz CT molecular complexity index is 450. The zero-order valence-corrected chi connectivity index (χ0v) is 10.4. The standard InChI is InChI=1S/C13H18N2S/c1-15-8-4-6-12(14)11-9-16-13-7-3-2-5-10(11)13/h2-3,5,7,9,12,15H,4,6,8,14H2,1H3. The molecule has 0 radical (unpaired) electrons. The fraction of sp³-hybridized carbons (Fsp3) is 0.385. The lowest BCUT2D eigenvalue weighted by Crippen LogP contribution is -2.14. The van der Waals surface area contributed by atoms with Crippen molar-refractivity contribution in [1.29, 1.82) is 0 Å². The molecule has 0 aliphatic rings. The molecule has 2 rings (SSSR count). The molecule has 1 atom stereocenters. The van der Waals surface area contributed by atoms with Gasteiger partial charge >= 0.3 is 0 Å². The van der Waals surface area contributed by atoms with Gasteiger partial charge in [-0.15, -0.1) is 11.3 Å². The monoisotopic (exact) mass is 234 g/mol. The van der Waals surface area contributed by atoms with Crippen LogP contribution in [-0.4, -0.2) is 13.6 Å². The maximum Gasteiger partial charge on any atom is 0.0346 e. The Kier molecular flexibility index (Phi) is 3.93. The number of nitrogens with two attached hydrogens (primary N) is 1. The first-order valence-electron chi connectivity index (χ1n) is 5.69. The van der Waals surface area contributed by atoms with Gasteiger partial charge in [0.2, 0.25) is 0 Å². The number of hydrogen-bond donors (Lipinski definition) is 2. The number of hydrogen-bond acceptors (Lipinski definition) is 3. The van der Waals surface area contributed by atoms with Crippen LogP contribution >= 0.6 is 11.3 Å². The minimum atomic E-state index is 0.171. The number of fused-ring (bicyclic) bond motifs is 1. The molecule has 2 nitrogen and oxygen atoms in total. The van der Waals surface area contributed by atoms with Crippen molar-refractivity contribution in [1.82, 2.24) is 5.32 Å². The molecule has 86 valence electrons. The van der Waals surface area contributed by atoms with Crippen LogP contribution in [0.5, 0.6) is 0 Å². The van der Waals surface area contributed by atoms with Crippen molar-refractivity contribution in [2.45, 2.75) is 18.9 Å². The van der Waals surface area contributed by atoms with Gasteiger partial charge in [-0.3, -0.25) is 0 Å². The van der Waals surface area contributed by atoms with Crippen LogP contribution in [-0.2, 0) is 0 Å². The predicted molar refractivity (Wildman–Crippen MR) is 71.9 cm³/mol. The summed E-state index contributed by atoms with van der Waals surface area (Å²) in [5.41, 5.74) is 7.53. The van der Waals surface area contributed by atoms with Crippen LogP contribution in [0.3, 0.4) is 0 Å². The minimum absolute atomic E-state index is 0.171. The molecule has 0 fully saturated rings. The Morgan fingerprint density at radius 1 is 1.38 bits per heavy atom. The van der Waals surface area contributed by atoms with Crippen molar-refractivity contribution < 1.29 is 0 Å². The highest BCUT2D eigenvalue weighted by molar-refractivity contribution is 7.17. The zero-order valence-electron chi connectivity index (χ0n) is 9.57. The van der Waals surface area contributed by atoms with Crippen molar-refractivity contribution >= 4 is 21.4 Å². The molecule has 0 saturated carbocycles. The maximum absolute atomic E-state index is 6.23. The summed E-state index contributed by atoms with van der Waals surface area (Å²) in [5, 5.41) is 6.68. The first kappa shape index (κ1) is 11.6. The van der Waals surface area contributed by atoms with Crippen LogP contribution < -0.4 is 11.1 Å². The summed E-state index contributed by atoms with van der Waals surface area (Å²) in [4.78, 5) is 0. The number of thiophene rings is 1. The lowest BCUT2D eigenvalue weighted by molar-refractivity contribution is 0.594. The molecule has 1 aromatic heterocycles. The number of benzene rings is 1. The first-order valence-corrected chi connectivity index (χ1v) is 6.57. The van der Waals surface area contributed by atoms with Gasteiger partial charge in [-0.05, 0) is 48.8 Å². The zero-order chi connectivity index (χ0) is 11.4. The van der Waals surface area contributed by atoms with E-state index >= 15 is 0 Å². The molecular formula is C13H18N2S. The summed E-state index contributed by atoms with van der Waals surface area (Å²) in [6, 6.07) is 8.65. The third-order valence-electron chi connectivity index (χ3n) is 2.85. The topological polar surface area (TPSA) is 38.0 Å². The van der Waals surface area contributed by atoms with Crippen LogP contribution in [0.2, 0.25) is 0 Å². The molecule has 1 aromatic carbocycles. The van der Waals surface area contributed by atoms with E-state index in [0.717, 1.165) is 19.4 Å². The summed E-state index contributed by atoms with van der Waals surface area (Å²) in [6.07, 6.45) is 2.17. The lowest BCUT2D eigenvalue weighted by atomic mass is 10.0. The van der Waals surface area contributed by atoms with Crippen molar-refractivity contribution in [3.8, 4) is 0 Å². The quantitative estimate of drug-likeness (QED) is 0.781. The van der Waals surface area contributed by atoms with E-state index in [1.54, 1.807) is 11.3 Å². The van der Waals surface area contributed by atoms with Gasteiger partial charge in [0, 0.05) is 10.7 Å². The molecule has 16 heavy (non-hydrogen) atoms. The smallest absolute Gasteiger partial charge is 0.0346 e. The molecule has 0 aliphatic carbocycles. The van der Waals surface area contributed by atoms with Gasteiger partial charge in [-0.1, -0.05) is 18.2 Å². The third kappa shape index (κ3) is 2.43. The van der Waals surface area contributed by atoms with Gasteiger partial charge in [-0.2, -0.15) is 0 Å². The second-order valence-electron chi connectivity index (χ2n) is 4.04. The van der Waals surface area contributed by atoms with E-state index in [4.69, 9.17) is 5.73 Å². The lowest BCUT2D eigenvalue weighted by Gasteiger charge is -2.10. The molecule has 0 spiro atoms. The highest BCUT2D eigenvalue weighted by Gasteiger charge is 2.10. The molecule has 0 saturated heterocycles. The predicted octanol–water partition coefficient (Wildman–Crippen LogP) is 2.90. The Morgan fingerprint density at radius 2 is 2.19 bits per heavy atom. The minimum Gasteiger partial charge on any atom is -0.324 e. The van der Waals surface area contributed by atoms with Crippen LogP contribution in [0, 0.1) is 0 Å². The van der Waals surface area contributed by atoms with E-state index in [2.05, 4.69) is 35.0 Å². The summed E-state index contributed by atoms with van der Waals surface area (Å²) >= 11 is 1.79. The molecule has 1 heterocycles. The molecule has 3 heteroatoms. The van der Waals surface area contributed by atoms with E-state index in [9.17, 15) is 0 Å². The van der Waals surface area contributed by atoms with Gasteiger partial charge in [-0.25, -0.2) is 0 Å². The Morgan fingerprint density at radius 3 is 3.00 bits per heavy atom. The molecule has 0 amide bonds. The third-order valence-corrected chi connectivity index (χ3v) is 3.83. The Balaban J connectivity index is 2.13. The van der Waals surface area contributed by atoms with Gasteiger partial charge < -0.3 is 11.1 Å². The second-order valence-corrected chi connectivity index (χ2v) is 4.95. The fourth-order valence-electron chi connectivity index (χ4n) is 1.94. The van der Waals surface area contributed by atoms with Gasteiger partial charge in [0.15, 0.2) is 0 Å². The molecular weight excluding hydrogens is 216 g/mol. The molecule has 3 N–H and O–H groups in total. The summed E-state index contributed by atoms with van der Waals surface area (Å²) in [5.74, 6) is 0. The first-order chi connectivity index (χ1) is 7.83. The molecule has 0 aliphatic heterocycles. The van der Waals surface area contributed by atoms with E-state index in [0.29, 0.717) is 0 Å². The number of rotatable bonds is 5. The fourth-order valence-corrected chi connectivity index (χ4v) is 2.97. The molecule has 1 unspecified atom stereocenters. The summed E-state index contributed by atoms with van der Waals surface area (Å²) in [7, 11) is 1.98. The van der Waals surface area contributed by atoms with Crippen LogP contribution in [0.15, 0.2) is 29.6 Å². The second kappa shape index (κ2) is 5.43. The van der Waals surface area contributed by atoms with Crippen LogP contribution in [0.25, 0.3) is 10.1 Å². The van der Waals surface area contributed by atoms with Crippen LogP contribution in [0.4, 0.5) is 0 Å². The van der Waals surface area contributed by atoms with Crippen molar-refractivity contribution in [2.75, 3.05) is 13.6 Å². The van der Waals surface area contributed by atoms with E-state index in [-0.39, 0.29) is 6.04 Å². The normalized spacial score (nSPS) is 13.1. The summed E-state index contributed by atoms with van der Waals surface area (Å²) in [6.45, 7) is 1.04. The number of nitrogens with one attached hydrogen (secondary N) is 1. The van der Waals surface area contributed by atoms with Gasteiger partial charge in [0.1, 0.15) is 0 Å². The van der Waals surface area contributed by atoms with Gasteiger partial charge in [0.25, 0.3) is 0 Å². The highest BCUT2D eigenvalue weighted by atomic mass is 32.1. The van der Waals surface area contributed by atoms with E-state index in [1.165, 1.54) is 15.6 Å². The highest BCUT2D eigenvalue weighted by Crippen LogP contribution is 2.30.